The van der Waals surface area contributed by atoms with Gasteiger partial charge in [-0.15, -0.1) is 0 Å². The van der Waals surface area contributed by atoms with Crippen molar-refractivity contribution in [3.05, 3.63) is 24.3 Å². The lowest BCUT2D eigenvalue weighted by Crippen LogP contribution is -2.47. The molecule has 0 radical (unpaired) electrons. The normalized spacial score (nSPS) is 20.8. The van der Waals surface area contributed by atoms with Gasteiger partial charge in [0.15, 0.2) is 0 Å². The van der Waals surface area contributed by atoms with Gasteiger partial charge in [-0.3, -0.25) is 9.59 Å². The van der Waals surface area contributed by atoms with Crippen LogP contribution in [0, 0.1) is 0 Å². The predicted octanol–water partition coefficient (Wildman–Crippen LogP) is 0.604. The Kier molecular flexibility index (Phi) is 6.38. The highest BCUT2D eigenvalue weighted by Crippen LogP contribution is 2.27. The summed E-state index contributed by atoms with van der Waals surface area (Å²) < 4.78 is 27.3. The molecule has 26 heavy (non-hydrogen) atoms. The molecule has 1 aromatic rings. The molecule has 2 rings (SSSR count). The summed E-state index contributed by atoms with van der Waals surface area (Å²) >= 11 is 0. The fourth-order valence-electron chi connectivity index (χ4n) is 3.12. The minimum absolute atomic E-state index is 0.0676. The average Bonchev–Trinajstić information content (AvgIpc) is 2.98. The molecule has 1 aliphatic rings. The van der Waals surface area contributed by atoms with Crippen molar-refractivity contribution in [2.75, 3.05) is 25.0 Å². The minimum atomic E-state index is -3.87. The van der Waals surface area contributed by atoms with Gasteiger partial charge in [-0.2, -0.15) is 4.31 Å². The molecule has 0 aliphatic carbocycles. The Balaban J connectivity index is 2.30. The second-order valence-corrected chi connectivity index (χ2v) is 8.19. The van der Waals surface area contributed by atoms with E-state index in [1.165, 1.54) is 35.5 Å². The van der Waals surface area contributed by atoms with Crippen LogP contribution in [-0.4, -0.2) is 61.2 Å². The van der Waals surface area contributed by atoms with Crippen molar-refractivity contribution in [2.24, 2.45) is 5.73 Å². The average molecular weight is 382 g/mol. The van der Waals surface area contributed by atoms with Crippen molar-refractivity contribution in [2.45, 2.75) is 44.2 Å². The number of hydrogen-bond donors (Lipinski definition) is 2. The van der Waals surface area contributed by atoms with E-state index in [0.29, 0.717) is 25.2 Å². The van der Waals surface area contributed by atoms with Crippen LogP contribution in [0.15, 0.2) is 29.2 Å². The van der Waals surface area contributed by atoms with Gasteiger partial charge in [-0.05, 0) is 44.5 Å². The summed E-state index contributed by atoms with van der Waals surface area (Å²) in [6.07, 6.45) is 0.304. The summed E-state index contributed by atoms with van der Waals surface area (Å²) in [5.74, 6) is -0.461. The van der Waals surface area contributed by atoms with E-state index in [4.69, 9.17) is 5.73 Å². The summed E-state index contributed by atoms with van der Waals surface area (Å²) in [6.45, 7) is 6.22. The van der Waals surface area contributed by atoms with Crippen molar-refractivity contribution in [1.29, 1.82) is 0 Å². The van der Waals surface area contributed by atoms with E-state index < -0.39 is 16.1 Å². The van der Waals surface area contributed by atoms with Crippen LogP contribution in [-0.2, 0) is 19.6 Å². The van der Waals surface area contributed by atoms with Crippen LogP contribution < -0.4 is 11.1 Å². The van der Waals surface area contributed by atoms with E-state index in [1.54, 1.807) is 4.90 Å². The van der Waals surface area contributed by atoms with Crippen molar-refractivity contribution in [3.63, 3.8) is 0 Å². The molecule has 0 saturated carbocycles. The molecule has 8 nitrogen and oxygen atoms in total. The summed E-state index contributed by atoms with van der Waals surface area (Å²) in [6, 6.07) is 4.71. The zero-order valence-electron chi connectivity index (χ0n) is 15.3. The largest absolute Gasteiger partial charge is 0.342 e. The summed E-state index contributed by atoms with van der Waals surface area (Å²) in [5.41, 5.74) is 6.47. The maximum Gasteiger partial charge on any atom is 0.243 e. The molecule has 144 valence electrons. The fraction of sp³-hybridized carbons (Fsp3) is 0.529. The van der Waals surface area contributed by atoms with Gasteiger partial charge in [0.2, 0.25) is 21.8 Å². The van der Waals surface area contributed by atoms with Gasteiger partial charge in [-0.25, -0.2) is 8.42 Å². The van der Waals surface area contributed by atoms with Gasteiger partial charge in [-0.1, -0.05) is 0 Å². The van der Waals surface area contributed by atoms with Gasteiger partial charge >= 0.3 is 0 Å². The third kappa shape index (κ3) is 4.22. The molecule has 1 heterocycles. The van der Waals surface area contributed by atoms with Crippen LogP contribution in [0.2, 0.25) is 0 Å². The highest BCUT2D eigenvalue weighted by molar-refractivity contribution is 7.89. The van der Waals surface area contributed by atoms with Gasteiger partial charge in [0.25, 0.3) is 0 Å². The quantitative estimate of drug-likeness (QED) is 0.748. The Hall–Kier alpha value is -1.97. The number of benzene rings is 1. The van der Waals surface area contributed by atoms with Crippen LogP contribution in [0.4, 0.5) is 5.69 Å². The van der Waals surface area contributed by atoms with Crippen molar-refractivity contribution in [3.8, 4) is 0 Å². The smallest absolute Gasteiger partial charge is 0.243 e. The lowest BCUT2D eigenvalue weighted by Gasteiger charge is -2.28. The summed E-state index contributed by atoms with van der Waals surface area (Å²) in [5, 5.41) is 2.59. The number of sulfonamides is 1. The first-order chi connectivity index (χ1) is 12.2. The van der Waals surface area contributed by atoms with E-state index in [-0.39, 0.29) is 29.3 Å². The first-order valence-corrected chi connectivity index (χ1v) is 10.1. The van der Waals surface area contributed by atoms with Crippen LogP contribution in [0.5, 0.6) is 0 Å². The lowest BCUT2D eigenvalue weighted by molar-refractivity contribution is -0.134. The second kappa shape index (κ2) is 8.15. The number of carbonyl (C=O) groups excluding carboxylic acids is 2. The maximum atomic E-state index is 13.0. The Morgan fingerprint density at radius 3 is 2.31 bits per heavy atom. The first-order valence-electron chi connectivity index (χ1n) is 8.64. The monoisotopic (exact) mass is 382 g/mol. The number of nitrogens with two attached hydrogens (primary N) is 1. The molecule has 0 bridgehead atoms. The Bertz CT molecular complexity index is 759. The minimum Gasteiger partial charge on any atom is -0.342 e. The third-order valence-electron chi connectivity index (χ3n) is 4.43. The molecule has 2 amide bonds. The van der Waals surface area contributed by atoms with Gasteiger partial charge in [0, 0.05) is 38.3 Å². The van der Waals surface area contributed by atoms with Crippen molar-refractivity contribution < 1.29 is 18.0 Å². The topological polar surface area (TPSA) is 113 Å². The first kappa shape index (κ1) is 20.3. The molecule has 1 fully saturated rings. The number of rotatable bonds is 6. The second-order valence-electron chi connectivity index (χ2n) is 6.30. The molecular weight excluding hydrogens is 356 g/mol. The molecule has 0 unspecified atom stereocenters. The number of nitrogens with one attached hydrogen (secondary N) is 1. The highest BCUT2D eigenvalue weighted by atomic mass is 32.2. The number of nitrogens with zero attached hydrogens (tertiary/aromatic N) is 2. The molecular formula is C17H26N4O4S. The number of carbonyl (C=O) groups is 2. The molecule has 1 aromatic carbocycles. The number of hydrogen-bond acceptors (Lipinski definition) is 5. The van der Waals surface area contributed by atoms with E-state index in [9.17, 15) is 18.0 Å². The van der Waals surface area contributed by atoms with E-state index >= 15 is 0 Å². The van der Waals surface area contributed by atoms with Crippen LogP contribution >= 0.6 is 0 Å². The molecule has 0 aromatic heterocycles. The Morgan fingerprint density at radius 1 is 1.23 bits per heavy atom. The van der Waals surface area contributed by atoms with E-state index in [0.717, 1.165) is 0 Å². The summed E-state index contributed by atoms with van der Waals surface area (Å²) in [4.78, 5) is 25.5. The van der Waals surface area contributed by atoms with E-state index in [2.05, 4.69) is 5.32 Å². The molecule has 9 heteroatoms. The fourth-order valence-corrected chi connectivity index (χ4v) is 4.77. The summed E-state index contributed by atoms with van der Waals surface area (Å²) in [7, 11) is -3.87. The molecule has 2 atom stereocenters. The molecule has 0 spiro atoms. The molecule has 3 N–H and O–H groups in total. The predicted molar refractivity (Wildman–Crippen MR) is 98.9 cm³/mol. The Morgan fingerprint density at radius 2 is 1.81 bits per heavy atom. The standard InChI is InChI=1S/C17H26N4O4S/c1-4-20(5-2)17(23)16-10-13(18)11-21(16)26(24,25)15-8-6-14(7-9-15)19-12(3)22/h6-9,13,16H,4-5,10-11,18H2,1-3H3,(H,19,22)/t13-,16+/m1/s1. The van der Waals surface area contributed by atoms with E-state index in [1.807, 2.05) is 13.8 Å². The zero-order chi connectivity index (χ0) is 19.5. The van der Waals surface area contributed by atoms with Crippen LogP contribution in [0.3, 0.4) is 0 Å². The number of amides is 2. The number of anilines is 1. The maximum absolute atomic E-state index is 13.0. The lowest BCUT2D eigenvalue weighted by atomic mass is 10.1. The SMILES string of the molecule is CCN(CC)C(=O)[C@@H]1C[C@@H](N)CN1S(=O)(=O)c1ccc(NC(C)=O)cc1. The zero-order valence-corrected chi connectivity index (χ0v) is 16.1. The van der Waals surface area contributed by atoms with Gasteiger partial charge < -0.3 is 16.0 Å². The highest BCUT2D eigenvalue weighted by Gasteiger charge is 2.43. The molecule has 1 aliphatic heterocycles. The van der Waals surface area contributed by atoms with Gasteiger partial charge in [0.1, 0.15) is 6.04 Å². The van der Waals surface area contributed by atoms with Gasteiger partial charge in [0.05, 0.1) is 4.90 Å². The van der Waals surface area contributed by atoms with Crippen molar-refractivity contribution >= 4 is 27.5 Å². The third-order valence-corrected chi connectivity index (χ3v) is 6.32. The Labute approximate surface area is 154 Å². The van der Waals surface area contributed by atoms with Crippen LogP contribution in [0.1, 0.15) is 27.2 Å². The molecule has 1 saturated heterocycles. The van der Waals surface area contributed by atoms with Crippen LogP contribution in [0.25, 0.3) is 0 Å². The van der Waals surface area contributed by atoms with Crippen molar-refractivity contribution in [1.82, 2.24) is 9.21 Å². The number of likely N-dealkylation sites (N-methyl/N-ethyl adjacent to an activating group) is 1.